The summed E-state index contributed by atoms with van der Waals surface area (Å²) >= 11 is 0. The summed E-state index contributed by atoms with van der Waals surface area (Å²) in [6, 6.07) is 0. The lowest BCUT2D eigenvalue weighted by molar-refractivity contribution is -0.115. The number of carbonyl (C=O) groups excluding carboxylic acids is 1. The first-order chi connectivity index (χ1) is 3.93. The van der Waals surface area contributed by atoms with Crippen LogP contribution in [0.2, 0.25) is 0 Å². The lowest BCUT2D eigenvalue weighted by Gasteiger charge is -2.03. The van der Waals surface area contributed by atoms with Gasteiger partial charge in [-0.1, -0.05) is 5.16 Å². The van der Waals surface area contributed by atoms with Gasteiger partial charge in [0.2, 0.25) is 6.10 Å². The summed E-state index contributed by atoms with van der Waals surface area (Å²) in [7, 11) is 0. The number of hydrogen-bond donors (Lipinski definition) is 0. The summed E-state index contributed by atoms with van der Waals surface area (Å²) in [6.45, 7) is 0. The SMILES string of the molecule is O=CC1C=CC=NO1. The Hall–Kier alpha value is -1.12. The van der Waals surface area contributed by atoms with E-state index in [2.05, 4.69) is 9.99 Å². The molecule has 0 N–H and O–H groups in total. The second-order valence-electron chi connectivity index (χ2n) is 1.35. The number of carbonyl (C=O) groups is 1. The average Bonchev–Trinajstić information content (AvgIpc) is 1.90. The first kappa shape index (κ1) is 5.03. The number of hydrogen-bond acceptors (Lipinski definition) is 3. The van der Waals surface area contributed by atoms with E-state index in [0.717, 1.165) is 0 Å². The second-order valence-corrected chi connectivity index (χ2v) is 1.35. The van der Waals surface area contributed by atoms with E-state index in [9.17, 15) is 4.79 Å². The standard InChI is InChI=1S/C5H5NO2/c7-4-5-2-1-3-6-8-5/h1-5H. The van der Waals surface area contributed by atoms with Crippen molar-refractivity contribution in [2.45, 2.75) is 6.10 Å². The lowest BCUT2D eigenvalue weighted by atomic mass is 10.3. The Kier molecular flexibility index (Phi) is 1.42. The molecular weight excluding hydrogens is 106 g/mol. The van der Waals surface area contributed by atoms with Crippen molar-refractivity contribution in [3.63, 3.8) is 0 Å². The minimum atomic E-state index is -0.472. The van der Waals surface area contributed by atoms with Crippen LogP contribution >= 0.6 is 0 Å². The monoisotopic (exact) mass is 111 g/mol. The maximum absolute atomic E-state index is 9.91. The molecule has 0 radical (unpaired) electrons. The highest BCUT2D eigenvalue weighted by Gasteiger charge is 2.02. The Labute approximate surface area is 46.6 Å². The van der Waals surface area contributed by atoms with E-state index in [1.807, 2.05) is 0 Å². The molecule has 0 aromatic carbocycles. The van der Waals surface area contributed by atoms with Crippen LogP contribution in [-0.4, -0.2) is 18.6 Å². The van der Waals surface area contributed by atoms with E-state index >= 15 is 0 Å². The van der Waals surface area contributed by atoms with Crippen LogP contribution in [0.3, 0.4) is 0 Å². The molecule has 42 valence electrons. The molecule has 0 aromatic rings. The molecule has 3 heteroatoms. The molecule has 0 aliphatic carbocycles. The molecule has 0 saturated heterocycles. The van der Waals surface area contributed by atoms with Gasteiger partial charge in [0.1, 0.15) is 0 Å². The van der Waals surface area contributed by atoms with Gasteiger partial charge in [-0.2, -0.15) is 0 Å². The third-order valence-corrected chi connectivity index (χ3v) is 0.764. The first-order valence-electron chi connectivity index (χ1n) is 2.25. The van der Waals surface area contributed by atoms with Crippen LogP contribution in [0, 0.1) is 0 Å². The molecule has 0 bridgehead atoms. The largest absolute Gasteiger partial charge is 0.381 e. The van der Waals surface area contributed by atoms with Crippen molar-refractivity contribution in [1.82, 2.24) is 0 Å². The van der Waals surface area contributed by atoms with Crippen LogP contribution in [0.1, 0.15) is 0 Å². The summed E-state index contributed by atoms with van der Waals surface area (Å²) in [5.74, 6) is 0. The molecule has 0 saturated carbocycles. The number of rotatable bonds is 1. The van der Waals surface area contributed by atoms with Gasteiger partial charge in [0.15, 0.2) is 6.29 Å². The molecule has 3 nitrogen and oxygen atoms in total. The minimum absolute atomic E-state index is 0.472. The molecule has 0 amide bonds. The van der Waals surface area contributed by atoms with Gasteiger partial charge in [-0.3, -0.25) is 4.79 Å². The van der Waals surface area contributed by atoms with Crippen LogP contribution < -0.4 is 0 Å². The van der Waals surface area contributed by atoms with Crippen LogP contribution in [0.4, 0.5) is 0 Å². The molecule has 1 unspecified atom stereocenters. The highest BCUT2D eigenvalue weighted by molar-refractivity contribution is 5.74. The van der Waals surface area contributed by atoms with Crippen LogP contribution in [0.5, 0.6) is 0 Å². The zero-order chi connectivity index (χ0) is 5.82. The van der Waals surface area contributed by atoms with Crippen molar-refractivity contribution in [1.29, 1.82) is 0 Å². The predicted octanol–water partition coefficient (Wildman–Crippen LogP) is 0.126. The van der Waals surface area contributed by atoms with Gasteiger partial charge < -0.3 is 4.84 Å². The fourth-order valence-electron chi connectivity index (χ4n) is 0.405. The molecule has 1 heterocycles. The summed E-state index contributed by atoms with van der Waals surface area (Å²) < 4.78 is 0. The van der Waals surface area contributed by atoms with Gasteiger partial charge >= 0.3 is 0 Å². The number of oxime groups is 1. The Morgan fingerprint density at radius 2 is 2.62 bits per heavy atom. The van der Waals surface area contributed by atoms with E-state index in [1.165, 1.54) is 6.21 Å². The molecule has 1 aliphatic rings. The van der Waals surface area contributed by atoms with Crippen LogP contribution in [0.25, 0.3) is 0 Å². The molecule has 0 fully saturated rings. The van der Waals surface area contributed by atoms with Crippen LogP contribution in [-0.2, 0) is 9.63 Å². The van der Waals surface area contributed by atoms with E-state index in [-0.39, 0.29) is 0 Å². The highest BCUT2D eigenvalue weighted by atomic mass is 16.6. The van der Waals surface area contributed by atoms with Gasteiger partial charge in [-0.15, -0.1) is 0 Å². The number of aldehydes is 1. The van der Waals surface area contributed by atoms with Gasteiger partial charge in [0.05, 0.1) is 6.21 Å². The van der Waals surface area contributed by atoms with Crippen molar-refractivity contribution in [2.75, 3.05) is 0 Å². The Balaban J connectivity index is 2.51. The van der Waals surface area contributed by atoms with Crippen molar-refractivity contribution >= 4 is 12.5 Å². The number of allylic oxidation sites excluding steroid dienone is 1. The van der Waals surface area contributed by atoms with Crippen molar-refractivity contribution < 1.29 is 9.63 Å². The molecule has 8 heavy (non-hydrogen) atoms. The summed E-state index contributed by atoms with van der Waals surface area (Å²) in [6.07, 6.45) is 5.00. The third kappa shape index (κ3) is 0.932. The fourth-order valence-corrected chi connectivity index (χ4v) is 0.405. The van der Waals surface area contributed by atoms with E-state index in [0.29, 0.717) is 6.29 Å². The second kappa shape index (κ2) is 2.26. The average molecular weight is 111 g/mol. The topological polar surface area (TPSA) is 38.7 Å². The molecule has 0 spiro atoms. The lowest BCUT2D eigenvalue weighted by Crippen LogP contribution is -2.09. The van der Waals surface area contributed by atoms with Crippen molar-refractivity contribution in [3.8, 4) is 0 Å². The summed E-state index contributed by atoms with van der Waals surface area (Å²) in [5, 5.41) is 3.39. The Bertz CT molecular complexity index is 139. The summed E-state index contributed by atoms with van der Waals surface area (Å²) in [4.78, 5) is 14.5. The molecule has 1 rings (SSSR count). The Morgan fingerprint density at radius 1 is 1.75 bits per heavy atom. The zero-order valence-corrected chi connectivity index (χ0v) is 4.15. The maximum atomic E-state index is 9.91. The first-order valence-corrected chi connectivity index (χ1v) is 2.25. The highest BCUT2D eigenvalue weighted by Crippen LogP contribution is 1.94. The normalized spacial score (nSPS) is 24.8. The van der Waals surface area contributed by atoms with Crippen LogP contribution in [0.15, 0.2) is 17.3 Å². The maximum Gasteiger partial charge on any atom is 0.200 e. The quantitative estimate of drug-likeness (QED) is 0.451. The molecule has 1 atom stereocenters. The van der Waals surface area contributed by atoms with Crippen molar-refractivity contribution in [3.05, 3.63) is 12.2 Å². The van der Waals surface area contributed by atoms with Crippen molar-refractivity contribution in [2.24, 2.45) is 5.16 Å². The van der Waals surface area contributed by atoms with E-state index in [4.69, 9.17) is 0 Å². The van der Waals surface area contributed by atoms with Gasteiger partial charge in [-0.05, 0) is 12.2 Å². The van der Waals surface area contributed by atoms with E-state index < -0.39 is 6.10 Å². The van der Waals surface area contributed by atoms with Gasteiger partial charge in [0, 0.05) is 0 Å². The number of nitrogens with zero attached hydrogens (tertiary/aromatic N) is 1. The Morgan fingerprint density at radius 3 is 3.00 bits per heavy atom. The minimum Gasteiger partial charge on any atom is -0.381 e. The van der Waals surface area contributed by atoms with Gasteiger partial charge in [-0.25, -0.2) is 0 Å². The third-order valence-electron chi connectivity index (χ3n) is 0.764. The molecule has 0 aromatic heterocycles. The van der Waals surface area contributed by atoms with E-state index in [1.54, 1.807) is 12.2 Å². The van der Waals surface area contributed by atoms with Gasteiger partial charge in [0.25, 0.3) is 0 Å². The molecule has 1 aliphatic heterocycles. The molecular formula is C5H5NO2. The zero-order valence-electron chi connectivity index (χ0n) is 4.15. The summed E-state index contributed by atoms with van der Waals surface area (Å²) in [5.41, 5.74) is 0. The smallest absolute Gasteiger partial charge is 0.200 e. The predicted molar refractivity (Wildman–Crippen MR) is 28.6 cm³/mol. The fraction of sp³-hybridized carbons (Fsp3) is 0.200.